The predicted octanol–water partition coefficient (Wildman–Crippen LogP) is 1.59. The van der Waals surface area contributed by atoms with Crippen LogP contribution in [0.15, 0.2) is 41.3 Å². The second kappa shape index (κ2) is 7.78. The van der Waals surface area contributed by atoms with Crippen LogP contribution < -0.4 is 5.56 Å². The number of amides is 1. The van der Waals surface area contributed by atoms with Crippen molar-refractivity contribution in [2.45, 2.75) is 24.6 Å². The minimum atomic E-state index is -4.12. The number of carbonyl (C=O) groups is 1. The molecular formula is C17H18F2N2O6S. The van der Waals surface area contributed by atoms with E-state index in [4.69, 9.17) is 10.4 Å². The normalized spacial score (nSPS) is 13.8. The van der Waals surface area contributed by atoms with E-state index in [0.29, 0.717) is 0 Å². The molecule has 152 valence electrons. The summed E-state index contributed by atoms with van der Waals surface area (Å²) in [7, 11) is -4.12. The Hall–Kier alpha value is -2.63. The topological polar surface area (TPSA) is 117 Å². The highest BCUT2D eigenvalue weighted by atomic mass is 32.2. The van der Waals surface area contributed by atoms with E-state index in [1.165, 1.54) is 12.1 Å². The lowest BCUT2D eigenvalue weighted by Gasteiger charge is -2.27. The fourth-order valence-corrected chi connectivity index (χ4v) is 3.45. The Bertz CT molecular complexity index is 1070. The number of hydrogen-bond donors (Lipinski definition) is 2. The van der Waals surface area contributed by atoms with Crippen molar-refractivity contribution in [2.75, 3.05) is 6.26 Å². The quantitative estimate of drug-likeness (QED) is 0.546. The Morgan fingerprint density at radius 2 is 1.89 bits per heavy atom. The van der Waals surface area contributed by atoms with Crippen LogP contribution in [0.3, 0.4) is 0 Å². The summed E-state index contributed by atoms with van der Waals surface area (Å²) >= 11 is 0. The summed E-state index contributed by atoms with van der Waals surface area (Å²) in [5, 5.41) is 17.0. The maximum atomic E-state index is 14.4. The van der Waals surface area contributed by atoms with E-state index in [2.05, 4.69) is 0 Å². The third-order valence-electron chi connectivity index (χ3n) is 4.50. The zero-order valence-corrected chi connectivity index (χ0v) is 15.8. The SMILES string of the molecule is CC(CCn1cc(F)c(-c2cccc(F)c2)cc1=O)(C(=O)N(O)O)S(C)(=O)=O. The minimum absolute atomic E-state index is 0.139. The molecule has 2 rings (SSSR count). The Labute approximate surface area is 159 Å². The van der Waals surface area contributed by atoms with E-state index >= 15 is 0 Å². The molecule has 1 aromatic carbocycles. The number of halogens is 2. The van der Waals surface area contributed by atoms with Gasteiger partial charge < -0.3 is 4.57 Å². The molecule has 0 fully saturated rings. The maximum Gasteiger partial charge on any atom is 0.293 e. The Kier molecular flexibility index (Phi) is 6.02. The fourth-order valence-electron chi connectivity index (χ4n) is 2.59. The molecular weight excluding hydrogens is 398 g/mol. The molecule has 0 aliphatic rings. The first-order valence-electron chi connectivity index (χ1n) is 7.94. The molecule has 2 N–H and O–H groups in total. The van der Waals surface area contributed by atoms with Gasteiger partial charge in [0.25, 0.3) is 11.5 Å². The van der Waals surface area contributed by atoms with E-state index in [0.717, 1.165) is 42.1 Å². The average molecular weight is 416 g/mol. The molecule has 1 atom stereocenters. The van der Waals surface area contributed by atoms with Gasteiger partial charge in [-0.05, 0) is 31.0 Å². The molecule has 0 aliphatic heterocycles. The second-order valence-corrected chi connectivity index (χ2v) is 8.87. The molecule has 1 heterocycles. The van der Waals surface area contributed by atoms with Gasteiger partial charge in [-0.3, -0.25) is 20.0 Å². The number of hydroxylamine groups is 2. The van der Waals surface area contributed by atoms with Gasteiger partial charge in [-0.1, -0.05) is 17.4 Å². The molecule has 8 nitrogen and oxygen atoms in total. The summed E-state index contributed by atoms with van der Waals surface area (Å²) in [4.78, 5) is 24.2. The van der Waals surface area contributed by atoms with Crippen molar-refractivity contribution in [1.29, 1.82) is 0 Å². The lowest BCUT2D eigenvalue weighted by molar-refractivity contribution is -0.287. The lowest BCUT2D eigenvalue weighted by Crippen LogP contribution is -2.50. The van der Waals surface area contributed by atoms with Crippen LogP contribution in [0.5, 0.6) is 0 Å². The van der Waals surface area contributed by atoms with E-state index in [1.54, 1.807) is 0 Å². The van der Waals surface area contributed by atoms with Crippen LogP contribution in [0.4, 0.5) is 8.78 Å². The highest BCUT2D eigenvalue weighted by Gasteiger charge is 2.46. The molecule has 0 radical (unpaired) electrons. The Morgan fingerprint density at radius 1 is 1.25 bits per heavy atom. The number of nitrogens with zero attached hydrogens (tertiary/aromatic N) is 2. The number of sulfone groups is 1. The summed E-state index contributed by atoms with van der Waals surface area (Å²) in [5.41, 5.74) is -0.706. The van der Waals surface area contributed by atoms with Gasteiger partial charge in [-0.2, -0.15) is 0 Å². The minimum Gasteiger partial charge on any atom is -0.312 e. The van der Waals surface area contributed by atoms with Crippen molar-refractivity contribution in [1.82, 2.24) is 9.79 Å². The summed E-state index contributed by atoms with van der Waals surface area (Å²) in [5.74, 6) is -2.98. The third-order valence-corrected chi connectivity index (χ3v) is 6.51. The lowest BCUT2D eigenvalue weighted by atomic mass is 10.1. The van der Waals surface area contributed by atoms with Gasteiger partial charge in [0.1, 0.15) is 11.6 Å². The van der Waals surface area contributed by atoms with Crippen molar-refractivity contribution in [3.63, 3.8) is 0 Å². The smallest absolute Gasteiger partial charge is 0.293 e. The molecule has 0 bridgehead atoms. The Balaban J connectivity index is 2.38. The van der Waals surface area contributed by atoms with Gasteiger partial charge in [0.15, 0.2) is 14.6 Å². The van der Waals surface area contributed by atoms with Gasteiger partial charge in [0.05, 0.1) is 0 Å². The van der Waals surface area contributed by atoms with Gasteiger partial charge in [0, 0.05) is 30.6 Å². The van der Waals surface area contributed by atoms with Crippen molar-refractivity contribution in [3.05, 3.63) is 58.5 Å². The molecule has 2 aromatic rings. The molecule has 0 saturated carbocycles. The zero-order chi connectivity index (χ0) is 21.3. The molecule has 1 amide bonds. The highest BCUT2D eigenvalue weighted by Crippen LogP contribution is 2.25. The van der Waals surface area contributed by atoms with Crippen molar-refractivity contribution in [2.24, 2.45) is 0 Å². The van der Waals surface area contributed by atoms with Crippen molar-refractivity contribution in [3.8, 4) is 11.1 Å². The number of hydrogen-bond acceptors (Lipinski definition) is 6. The van der Waals surface area contributed by atoms with Crippen LogP contribution in [0.2, 0.25) is 0 Å². The molecule has 1 aromatic heterocycles. The van der Waals surface area contributed by atoms with Gasteiger partial charge >= 0.3 is 0 Å². The van der Waals surface area contributed by atoms with Crippen LogP contribution >= 0.6 is 0 Å². The van der Waals surface area contributed by atoms with Gasteiger partial charge in [-0.15, -0.1) is 0 Å². The monoisotopic (exact) mass is 416 g/mol. The van der Waals surface area contributed by atoms with Gasteiger partial charge in [-0.25, -0.2) is 17.2 Å². The Morgan fingerprint density at radius 3 is 2.43 bits per heavy atom. The number of rotatable bonds is 6. The largest absolute Gasteiger partial charge is 0.312 e. The van der Waals surface area contributed by atoms with E-state index in [9.17, 15) is 26.8 Å². The standard InChI is InChI=1S/C17H18F2N2O6S/c1-17(28(2,26)27,16(23)21(24)25)6-7-20-10-14(19)13(9-15(20)22)11-4-3-5-12(18)8-11/h3-5,8-10,24-25H,6-7H2,1-2H3. The van der Waals surface area contributed by atoms with Crippen LogP contribution in [-0.4, -0.2) is 45.5 Å². The molecule has 0 aliphatic carbocycles. The summed E-state index contributed by atoms with van der Waals surface area (Å²) < 4.78 is 50.3. The molecule has 0 saturated heterocycles. The first-order chi connectivity index (χ1) is 12.9. The first kappa shape index (κ1) is 21.7. The predicted molar refractivity (Wildman–Crippen MR) is 94.3 cm³/mol. The van der Waals surface area contributed by atoms with E-state index in [-0.39, 0.29) is 11.1 Å². The number of pyridine rings is 1. The molecule has 0 spiro atoms. The first-order valence-corrected chi connectivity index (χ1v) is 9.84. The number of aryl methyl sites for hydroxylation is 1. The van der Waals surface area contributed by atoms with Crippen LogP contribution in [0.25, 0.3) is 11.1 Å². The van der Waals surface area contributed by atoms with E-state index in [1.807, 2.05) is 0 Å². The molecule has 28 heavy (non-hydrogen) atoms. The summed E-state index contributed by atoms with van der Waals surface area (Å²) in [6.07, 6.45) is 1.01. The van der Waals surface area contributed by atoms with Crippen molar-refractivity contribution >= 4 is 15.7 Å². The summed E-state index contributed by atoms with van der Waals surface area (Å²) in [6, 6.07) is 5.92. The second-order valence-electron chi connectivity index (χ2n) is 6.42. The van der Waals surface area contributed by atoms with Crippen LogP contribution in [0, 0.1) is 11.6 Å². The van der Waals surface area contributed by atoms with Crippen LogP contribution in [-0.2, 0) is 21.2 Å². The average Bonchev–Trinajstić information content (AvgIpc) is 2.60. The third kappa shape index (κ3) is 4.26. The van der Waals surface area contributed by atoms with E-state index < -0.39 is 55.9 Å². The van der Waals surface area contributed by atoms with Crippen molar-refractivity contribution < 1.29 is 32.4 Å². The fraction of sp³-hybridized carbons (Fsp3) is 0.294. The zero-order valence-electron chi connectivity index (χ0n) is 15.0. The van der Waals surface area contributed by atoms with Gasteiger partial charge in [0.2, 0.25) is 0 Å². The molecule has 1 unspecified atom stereocenters. The maximum absolute atomic E-state index is 14.4. The number of benzene rings is 1. The molecule has 11 heteroatoms. The highest BCUT2D eigenvalue weighted by molar-refractivity contribution is 7.92. The summed E-state index contributed by atoms with van der Waals surface area (Å²) in [6.45, 7) is 0.564. The number of aromatic nitrogens is 1. The number of carbonyl (C=O) groups excluding carboxylic acids is 1. The van der Waals surface area contributed by atoms with Crippen LogP contribution in [0.1, 0.15) is 13.3 Å².